The van der Waals surface area contributed by atoms with Crippen LogP contribution in [0.1, 0.15) is 34.7 Å². The molecule has 3 aromatic rings. The third-order valence-corrected chi connectivity index (χ3v) is 5.82. The Morgan fingerprint density at radius 2 is 2.11 bits per heavy atom. The molecule has 0 spiro atoms. The lowest BCUT2D eigenvalue weighted by atomic mass is 9.97. The summed E-state index contributed by atoms with van der Waals surface area (Å²) in [5.74, 6) is 0.0608. The number of benzene rings is 1. The normalized spacial score (nSPS) is 14.1. The zero-order valence-electron chi connectivity index (χ0n) is 14.7. The van der Waals surface area contributed by atoms with E-state index in [1.54, 1.807) is 18.2 Å². The van der Waals surface area contributed by atoms with Crippen LogP contribution in [0.3, 0.4) is 0 Å². The van der Waals surface area contributed by atoms with Gasteiger partial charge in [-0.25, -0.2) is 4.98 Å². The van der Waals surface area contributed by atoms with E-state index >= 15 is 0 Å². The summed E-state index contributed by atoms with van der Waals surface area (Å²) in [5, 5.41) is 10.2. The highest BCUT2D eigenvalue weighted by Gasteiger charge is 2.20. The number of nitrogens with one attached hydrogen (secondary N) is 1. The lowest BCUT2D eigenvalue weighted by molar-refractivity contribution is -0.0499. The minimum atomic E-state index is -2.98. The first-order valence-electron chi connectivity index (χ1n) is 8.77. The van der Waals surface area contributed by atoms with Crippen molar-refractivity contribution < 1.29 is 13.5 Å². The third-order valence-electron chi connectivity index (χ3n) is 4.64. The lowest BCUT2D eigenvalue weighted by Crippen LogP contribution is -2.12. The molecule has 2 aromatic heterocycles. The standard InChI is InChI=1S/C20H15F2N3O2S/c21-20(22)27-14-7-3-1-5-11(14)9-12(10-23)17-24-18(26)16-13-6-2-4-8-15(13)28-19(16)25-17/h1,3,5,7,9,20H,2,4,6,8H2,(H,24,25,26)/b12-9+. The molecule has 28 heavy (non-hydrogen) atoms. The number of ether oxygens (including phenoxy) is 1. The third kappa shape index (κ3) is 3.41. The number of nitrogens with zero attached hydrogens (tertiary/aromatic N) is 2. The van der Waals surface area contributed by atoms with E-state index in [0.29, 0.717) is 15.8 Å². The molecule has 0 saturated carbocycles. The summed E-state index contributed by atoms with van der Waals surface area (Å²) < 4.78 is 29.7. The zero-order chi connectivity index (χ0) is 19.7. The van der Waals surface area contributed by atoms with Crippen molar-refractivity contribution in [2.24, 2.45) is 0 Å². The summed E-state index contributed by atoms with van der Waals surface area (Å²) in [6.45, 7) is -2.98. The summed E-state index contributed by atoms with van der Waals surface area (Å²) in [4.78, 5) is 21.6. The second-order valence-corrected chi connectivity index (χ2v) is 7.48. The van der Waals surface area contributed by atoms with Crippen LogP contribution in [-0.2, 0) is 12.8 Å². The molecule has 1 aromatic carbocycles. The number of halogens is 2. The number of para-hydroxylation sites is 1. The van der Waals surface area contributed by atoms with Crippen molar-refractivity contribution in [2.45, 2.75) is 32.3 Å². The van der Waals surface area contributed by atoms with E-state index < -0.39 is 6.61 Å². The van der Waals surface area contributed by atoms with E-state index in [2.05, 4.69) is 14.7 Å². The van der Waals surface area contributed by atoms with Gasteiger partial charge in [-0.05, 0) is 43.4 Å². The van der Waals surface area contributed by atoms with Gasteiger partial charge in [-0.1, -0.05) is 18.2 Å². The number of fused-ring (bicyclic) bond motifs is 3. The van der Waals surface area contributed by atoms with Crippen molar-refractivity contribution in [3.8, 4) is 11.8 Å². The molecule has 142 valence electrons. The highest BCUT2D eigenvalue weighted by Crippen LogP contribution is 2.34. The average Bonchev–Trinajstić information content (AvgIpc) is 3.05. The van der Waals surface area contributed by atoms with Crippen LogP contribution in [-0.4, -0.2) is 16.6 Å². The lowest BCUT2D eigenvalue weighted by Gasteiger charge is -2.09. The molecule has 0 bridgehead atoms. The van der Waals surface area contributed by atoms with Crippen molar-refractivity contribution in [3.63, 3.8) is 0 Å². The molecule has 1 aliphatic rings. The Balaban J connectivity index is 1.81. The summed E-state index contributed by atoms with van der Waals surface area (Å²) in [5.41, 5.74) is 1.14. The van der Waals surface area contributed by atoms with Crippen LogP contribution in [0.2, 0.25) is 0 Å². The predicted octanol–water partition coefficient (Wildman–Crippen LogP) is 4.53. The number of alkyl halides is 2. The van der Waals surface area contributed by atoms with Crippen LogP contribution in [0.4, 0.5) is 8.78 Å². The largest absolute Gasteiger partial charge is 0.434 e. The number of H-pyrrole nitrogens is 1. The number of thiophene rings is 1. The van der Waals surface area contributed by atoms with Crippen LogP contribution in [0.15, 0.2) is 29.1 Å². The molecule has 2 heterocycles. The number of hydrogen-bond donors (Lipinski definition) is 1. The van der Waals surface area contributed by atoms with Crippen LogP contribution < -0.4 is 10.3 Å². The van der Waals surface area contributed by atoms with Gasteiger partial charge >= 0.3 is 6.61 Å². The topological polar surface area (TPSA) is 78.8 Å². The smallest absolute Gasteiger partial charge is 0.387 e. The van der Waals surface area contributed by atoms with Crippen LogP contribution in [0, 0.1) is 11.3 Å². The zero-order valence-corrected chi connectivity index (χ0v) is 15.5. The summed E-state index contributed by atoms with van der Waals surface area (Å²) in [6.07, 6.45) is 5.32. The van der Waals surface area contributed by atoms with E-state index in [9.17, 15) is 18.8 Å². The van der Waals surface area contributed by atoms with E-state index in [-0.39, 0.29) is 22.7 Å². The highest BCUT2D eigenvalue weighted by atomic mass is 32.1. The monoisotopic (exact) mass is 399 g/mol. The molecule has 0 unspecified atom stereocenters. The molecule has 1 N–H and O–H groups in total. The molecule has 0 fully saturated rings. The molecular formula is C20H15F2N3O2S. The minimum Gasteiger partial charge on any atom is -0.434 e. The van der Waals surface area contributed by atoms with Gasteiger partial charge in [0.2, 0.25) is 0 Å². The van der Waals surface area contributed by atoms with Gasteiger partial charge < -0.3 is 9.72 Å². The molecule has 0 atom stereocenters. The van der Waals surface area contributed by atoms with Crippen molar-refractivity contribution in [2.75, 3.05) is 0 Å². The molecule has 4 rings (SSSR count). The molecule has 0 radical (unpaired) electrons. The van der Waals surface area contributed by atoms with Crippen LogP contribution in [0.25, 0.3) is 21.9 Å². The summed E-state index contributed by atoms with van der Waals surface area (Å²) >= 11 is 1.48. The molecule has 0 aliphatic heterocycles. The maximum absolute atomic E-state index is 12.7. The fraction of sp³-hybridized carbons (Fsp3) is 0.250. The van der Waals surface area contributed by atoms with E-state index in [4.69, 9.17) is 0 Å². The highest BCUT2D eigenvalue weighted by molar-refractivity contribution is 7.18. The van der Waals surface area contributed by atoms with Gasteiger partial charge in [0.1, 0.15) is 16.6 Å². The maximum atomic E-state index is 12.7. The Kier molecular flexibility index (Phi) is 4.92. The summed E-state index contributed by atoms with van der Waals surface area (Å²) in [6, 6.07) is 8.13. The van der Waals surface area contributed by atoms with E-state index in [1.807, 2.05) is 6.07 Å². The van der Waals surface area contributed by atoms with E-state index in [0.717, 1.165) is 31.2 Å². The predicted molar refractivity (Wildman–Crippen MR) is 103 cm³/mol. The first-order chi connectivity index (χ1) is 13.6. The molecule has 8 heteroatoms. The molecule has 0 amide bonds. The Labute approximate surface area is 162 Å². The van der Waals surface area contributed by atoms with E-state index in [1.165, 1.54) is 28.4 Å². The first kappa shape index (κ1) is 18.3. The Bertz CT molecular complexity index is 1170. The Hall–Kier alpha value is -3.05. The molecule has 1 aliphatic carbocycles. The maximum Gasteiger partial charge on any atom is 0.387 e. The van der Waals surface area contributed by atoms with Crippen molar-refractivity contribution in [1.82, 2.24) is 9.97 Å². The molecular weight excluding hydrogens is 384 g/mol. The average molecular weight is 399 g/mol. The first-order valence-corrected chi connectivity index (χ1v) is 9.59. The number of aryl methyl sites for hydroxylation is 2. The second kappa shape index (κ2) is 7.52. The van der Waals surface area contributed by atoms with Gasteiger partial charge in [0, 0.05) is 10.4 Å². The Morgan fingerprint density at radius 1 is 1.32 bits per heavy atom. The van der Waals surface area contributed by atoms with Gasteiger partial charge in [-0.15, -0.1) is 11.3 Å². The number of aromatic amines is 1. The Morgan fingerprint density at radius 3 is 2.89 bits per heavy atom. The van der Waals surface area contributed by atoms with Crippen LogP contribution in [0.5, 0.6) is 5.75 Å². The van der Waals surface area contributed by atoms with Gasteiger partial charge in [0.15, 0.2) is 5.82 Å². The number of rotatable bonds is 4. The van der Waals surface area contributed by atoms with Gasteiger partial charge in [0.25, 0.3) is 5.56 Å². The van der Waals surface area contributed by atoms with Gasteiger partial charge in [-0.3, -0.25) is 4.79 Å². The van der Waals surface area contributed by atoms with Crippen molar-refractivity contribution in [1.29, 1.82) is 5.26 Å². The minimum absolute atomic E-state index is 0.0553. The fourth-order valence-corrected chi connectivity index (χ4v) is 4.67. The fourth-order valence-electron chi connectivity index (χ4n) is 3.40. The van der Waals surface area contributed by atoms with Crippen molar-refractivity contribution >= 4 is 33.2 Å². The second-order valence-electron chi connectivity index (χ2n) is 6.39. The molecule has 5 nitrogen and oxygen atoms in total. The van der Waals surface area contributed by atoms with Crippen LogP contribution >= 0.6 is 11.3 Å². The number of allylic oxidation sites excluding steroid dienone is 1. The molecule has 0 saturated heterocycles. The quantitative estimate of drug-likeness (QED) is 0.654. The summed E-state index contributed by atoms with van der Waals surface area (Å²) in [7, 11) is 0. The van der Waals surface area contributed by atoms with Gasteiger partial charge in [0.05, 0.1) is 11.0 Å². The number of aromatic nitrogens is 2. The van der Waals surface area contributed by atoms with Crippen molar-refractivity contribution in [3.05, 3.63) is 56.4 Å². The SMILES string of the molecule is N#C/C(=C\c1ccccc1OC(F)F)c1nc2sc3c(c2c(=O)[nH]1)CCCC3. The van der Waals surface area contributed by atoms with Gasteiger partial charge in [-0.2, -0.15) is 14.0 Å². The number of nitriles is 1. The number of hydrogen-bond acceptors (Lipinski definition) is 5.